The Kier molecular flexibility index (Phi) is 7.85. The Hall–Kier alpha value is -1.65. The van der Waals surface area contributed by atoms with E-state index in [1.807, 2.05) is 30.1 Å². The van der Waals surface area contributed by atoms with E-state index in [2.05, 4.69) is 6.58 Å². The normalized spacial score (nSPS) is 12.3. The van der Waals surface area contributed by atoms with Crippen molar-refractivity contribution >= 4 is 40.9 Å². The highest BCUT2D eigenvalue weighted by atomic mass is 35.5. The van der Waals surface area contributed by atoms with Crippen LogP contribution in [0.15, 0.2) is 55.4 Å². The third kappa shape index (κ3) is 5.42. The fourth-order valence-electron chi connectivity index (χ4n) is 2.58. The SMILES string of the molecule is C=Cc1cc(Cl)ccc1[C@H](CN(C)/C=C\N)OCc1c(Cl)cccc1Cl. The first-order valence-corrected chi connectivity index (χ1v) is 9.14. The van der Waals surface area contributed by atoms with Crippen molar-refractivity contribution in [3.63, 3.8) is 0 Å². The first-order valence-electron chi connectivity index (χ1n) is 8.01. The number of hydrogen-bond acceptors (Lipinski definition) is 3. The van der Waals surface area contributed by atoms with Crippen LogP contribution < -0.4 is 5.73 Å². The molecule has 0 saturated carbocycles. The van der Waals surface area contributed by atoms with E-state index in [0.717, 1.165) is 16.7 Å². The van der Waals surface area contributed by atoms with E-state index in [0.29, 0.717) is 21.6 Å². The van der Waals surface area contributed by atoms with Gasteiger partial charge in [-0.15, -0.1) is 0 Å². The number of ether oxygens (including phenoxy) is 1. The van der Waals surface area contributed by atoms with Crippen molar-refractivity contribution in [2.24, 2.45) is 5.73 Å². The molecule has 0 aromatic heterocycles. The zero-order chi connectivity index (χ0) is 19.1. The second-order valence-electron chi connectivity index (χ2n) is 5.76. The van der Waals surface area contributed by atoms with Crippen molar-refractivity contribution in [3.05, 3.63) is 87.1 Å². The van der Waals surface area contributed by atoms with Crippen LogP contribution in [0.25, 0.3) is 6.08 Å². The van der Waals surface area contributed by atoms with Gasteiger partial charge in [0.2, 0.25) is 0 Å². The molecule has 0 radical (unpaired) electrons. The predicted molar refractivity (Wildman–Crippen MR) is 111 cm³/mol. The molecule has 0 bridgehead atoms. The quantitative estimate of drug-likeness (QED) is 0.587. The van der Waals surface area contributed by atoms with Crippen LogP contribution in [0.2, 0.25) is 15.1 Å². The van der Waals surface area contributed by atoms with E-state index in [-0.39, 0.29) is 12.7 Å². The van der Waals surface area contributed by atoms with E-state index in [4.69, 9.17) is 45.3 Å². The van der Waals surface area contributed by atoms with Gasteiger partial charge in [0.05, 0.1) is 6.61 Å². The molecular formula is C20H21Cl3N2O. The van der Waals surface area contributed by atoms with Gasteiger partial charge in [0.1, 0.15) is 6.10 Å². The van der Waals surface area contributed by atoms with Gasteiger partial charge in [-0.25, -0.2) is 0 Å². The highest BCUT2D eigenvalue weighted by Gasteiger charge is 2.18. The van der Waals surface area contributed by atoms with Crippen molar-refractivity contribution in [1.29, 1.82) is 0 Å². The maximum atomic E-state index is 6.26. The second kappa shape index (κ2) is 9.89. The van der Waals surface area contributed by atoms with Crippen molar-refractivity contribution in [1.82, 2.24) is 4.90 Å². The number of likely N-dealkylation sites (N-methyl/N-ethyl adjacent to an activating group) is 1. The molecule has 1 atom stereocenters. The molecule has 0 heterocycles. The molecule has 2 N–H and O–H groups in total. The van der Waals surface area contributed by atoms with Gasteiger partial charge in [-0.3, -0.25) is 0 Å². The number of hydrogen-bond donors (Lipinski definition) is 1. The molecule has 0 aliphatic rings. The van der Waals surface area contributed by atoms with Crippen molar-refractivity contribution in [2.75, 3.05) is 13.6 Å². The highest BCUT2D eigenvalue weighted by molar-refractivity contribution is 6.35. The molecule has 0 spiro atoms. The number of rotatable bonds is 8. The van der Waals surface area contributed by atoms with Crippen molar-refractivity contribution in [2.45, 2.75) is 12.7 Å². The molecule has 2 aromatic carbocycles. The van der Waals surface area contributed by atoms with Crippen LogP contribution >= 0.6 is 34.8 Å². The van der Waals surface area contributed by atoms with E-state index in [1.165, 1.54) is 6.20 Å². The molecule has 0 fully saturated rings. The molecule has 138 valence electrons. The van der Waals surface area contributed by atoms with Gasteiger partial charge in [0, 0.05) is 46.6 Å². The molecule has 0 saturated heterocycles. The first kappa shape index (κ1) is 20.7. The molecule has 2 aromatic rings. The fraction of sp³-hybridized carbons (Fsp3) is 0.200. The zero-order valence-electron chi connectivity index (χ0n) is 14.5. The smallest absolute Gasteiger partial charge is 0.101 e. The van der Waals surface area contributed by atoms with Gasteiger partial charge in [0.15, 0.2) is 0 Å². The first-order chi connectivity index (χ1) is 12.5. The Morgan fingerprint density at radius 2 is 1.88 bits per heavy atom. The van der Waals surface area contributed by atoms with Crippen LogP contribution in [0, 0.1) is 0 Å². The topological polar surface area (TPSA) is 38.5 Å². The van der Waals surface area contributed by atoms with Gasteiger partial charge in [0.25, 0.3) is 0 Å². The minimum absolute atomic E-state index is 0.256. The van der Waals surface area contributed by atoms with Crippen LogP contribution in [0.4, 0.5) is 0 Å². The predicted octanol–water partition coefficient (Wildman–Crippen LogP) is 5.91. The number of nitrogens with two attached hydrogens (primary N) is 1. The molecule has 6 heteroatoms. The van der Waals surface area contributed by atoms with Crippen LogP contribution in [0.3, 0.4) is 0 Å². The van der Waals surface area contributed by atoms with Crippen LogP contribution in [0.5, 0.6) is 0 Å². The van der Waals surface area contributed by atoms with E-state index >= 15 is 0 Å². The summed E-state index contributed by atoms with van der Waals surface area (Å²) in [5, 5.41) is 1.80. The lowest BCUT2D eigenvalue weighted by atomic mass is 10.0. The summed E-state index contributed by atoms with van der Waals surface area (Å²) in [5.74, 6) is 0. The molecule has 3 nitrogen and oxygen atoms in total. The standard InChI is InChI=1S/C20H21Cl3N2O/c1-3-14-11-15(21)7-8-16(14)20(12-25(2)10-9-24)26-13-17-18(22)5-4-6-19(17)23/h3-11,20H,1,12-13,24H2,2H3/b10-9-/t20-/m0/s1. The summed E-state index contributed by atoms with van der Waals surface area (Å²) in [6.45, 7) is 4.73. The summed E-state index contributed by atoms with van der Waals surface area (Å²) in [6, 6.07) is 11.0. The Morgan fingerprint density at radius 3 is 2.50 bits per heavy atom. The molecule has 0 aliphatic heterocycles. The highest BCUT2D eigenvalue weighted by Crippen LogP contribution is 2.30. The van der Waals surface area contributed by atoms with Gasteiger partial charge >= 0.3 is 0 Å². The third-order valence-electron chi connectivity index (χ3n) is 3.90. The summed E-state index contributed by atoms with van der Waals surface area (Å²) in [7, 11) is 1.92. The molecular weight excluding hydrogens is 391 g/mol. The number of benzene rings is 2. The number of nitrogens with zero attached hydrogens (tertiary/aromatic N) is 1. The lowest BCUT2D eigenvalue weighted by Gasteiger charge is -2.25. The van der Waals surface area contributed by atoms with Gasteiger partial charge in [-0.1, -0.05) is 59.6 Å². The van der Waals surface area contributed by atoms with Crippen LogP contribution in [0.1, 0.15) is 22.8 Å². The monoisotopic (exact) mass is 410 g/mol. The average molecular weight is 412 g/mol. The summed E-state index contributed by atoms with van der Waals surface area (Å²) >= 11 is 18.6. The Labute approximate surface area is 169 Å². The van der Waals surface area contributed by atoms with Gasteiger partial charge in [-0.05, 0) is 35.4 Å². The lowest BCUT2D eigenvalue weighted by molar-refractivity contribution is 0.0259. The molecule has 0 unspecified atom stereocenters. The molecule has 26 heavy (non-hydrogen) atoms. The maximum Gasteiger partial charge on any atom is 0.101 e. The van der Waals surface area contributed by atoms with Crippen LogP contribution in [-0.2, 0) is 11.3 Å². The van der Waals surface area contributed by atoms with Crippen LogP contribution in [-0.4, -0.2) is 18.5 Å². The van der Waals surface area contributed by atoms with E-state index < -0.39 is 0 Å². The minimum atomic E-state index is -0.256. The third-order valence-corrected chi connectivity index (χ3v) is 4.84. The summed E-state index contributed by atoms with van der Waals surface area (Å²) in [6.07, 6.45) is 4.77. The fourth-order valence-corrected chi connectivity index (χ4v) is 3.27. The second-order valence-corrected chi connectivity index (χ2v) is 7.01. The minimum Gasteiger partial charge on any atom is -0.403 e. The summed E-state index contributed by atoms with van der Waals surface area (Å²) in [5.41, 5.74) is 8.14. The summed E-state index contributed by atoms with van der Waals surface area (Å²) in [4.78, 5) is 1.94. The lowest BCUT2D eigenvalue weighted by Crippen LogP contribution is -2.22. The maximum absolute atomic E-state index is 6.26. The van der Waals surface area contributed by atoms with Gasteiger partial charge < -0.3 is 15.4 Å². The number of halogens is 3. The summed E-state index contributed by atoms with van der Waals surface area (Å²) < 4.78 is 6.20. The Balaban J connectivity index is 2.31. The Bertz CT molecular complexity index is 772. The average Bonchev–Trinajstić information content (AvgIpc) is 2.60. The van der Waals surface area contributed by atoms with Crippen molar-refractivity contribution in [3.8, 4) is 0 Å². The largest absolute Gasteiger partial charge is 0.403 e. The van der Waals surface area contributed by atoms with Crippen molar-refractivity contribution < 1.29 is 4.74 Å². The van der Waals surface area contributed by atoms with E-state index in [1.54, 1.807) is 30.5 Å². The zero-order valence-corrected chi connectivity index (χ0v) is 16.7. The Morgan fingerprint density at radius 1 is 1.19 bits per heavy atom. The van der Waals surface area contributed by atoms with Gasteiger partial charge in [-0.2, -0.15) is 0 Å². The van der Waals surface area contributed by atoms with E-state index in [9.17, 15) is 0 Å². The molecule has 0 aliphatic carbocycles. The molecule has 2 rings (SSSR count). The molecule has 0 amide bonds.